The maximum Gasteiger partial charge on any atom is 0.311 e. The largest absolute Gasteiger partial charge is 0.463 e. The fourth-order valence-corrected chi connectivity index (χ4v) is 6.02. The molecule has 2 N–H and O–H groups in total. The first-order chi connectivity index (χ1) is 19.9. The summed E-state index contributed by atoms with van der Waals surface area (Å²) >= 11 is 7.88. The lowest BCUT2D eigenvalue weighted by Crippen LogP contribution is -2.26. The number of aryl methyl sites for hydroxylation is 2. The zero-order valence-corrected chi connectivity index (χ0v) is 25.6. The lowest BCUT2D eigenvalue weighted by Gasteiger charge is -2.21. The van der Waals surface area contributed by atoms with Crippen molar-refractivity contribution in [2.75, 3.05) is 52.8 Å². The molecule has 3 aromatic rings. The molecule has 0 bridgehead atoms. The van der Waals surface area contributed by atoms with Crippen molar-refractivity contribution in [3.63, 3.8) is 0 Å². The van der Waals surface area contributed by atoms with E-state index < -0.39 is 12.0 Å². The third-order valence-electron chi connectivity index (χ3n) is 6.91. The number of carbonyl (C=O) groups is 1. The molecular formula is C29H38ClN5O5S. The first-order valence-corrected chi connectivity index (χ1v) is 15.0. The summed E-state index contributed by atoms with van der Waals surface area (Å²) in [6, 6.07) is 7.04. The van der Waals surface area contributed by atoms with E-state index in [1.807, 2.05) is 42.7 Å². The van der Waals surface area contributed by atoms with Crippen LogP contribution in [0, 0.1) is 26.7 Å². The quantitative estimate of drug-likeness (QED) is 0.201. The van der Waals surface area contributed by atoms with Gasteiger partial charge in [-0.25, -0.2) is 0 Å². The van der Waals surface area contributed by atoms with E-state index in [1.165, 1.54) is 4.88 Å². The molecule has 4 rings (SSSR count). The number of rotatable bonds is 15. The van der Waals surface area contributed by atoms with Gasteiger partial charge in [0.25, 0.3) is 0 Å². The molecule has 1 aliphatic rings. The summed E-state index contributed by atoms with van der Waals surface area (Å²) < 4.78 is 24.0. The fraction of sp³-hybridized carbons (Fsp3) is 0.517. The molecule has 0 saturated heterocycles. The molecule has 10 nitrogen and oxygen atoms in total. The number of fused-ring (bicyclic) bond motifs is 3. The minimum atomic E-state index is -0.588. The number of ether oxygens (including phenoxy) is 4. The van der Waals surface area contributed by atoms with Crippen LogP contribution in [0.3, 0.4) is 0 Å². The van der Waals surface area contributed by atoms with Gasteiger partial charge in [-0.2, -0.15) is 0 Å². The number of carbonyl (C=O) groups excluding carboxylic acids is 1. The number of nitrogens with zero attached hydrogens (tertiary/aromatic N) is 4. The number of thiophene rings is 1. The average molecular weight is 604 g/mol. The molecule has 41 heavy (non-hydrogen) atoms. The molecular weight excluding hydrogens is 566 g/mol. The van der Waals surface area contributed by atoms with Crippen molar-refractivity contribution >= 4 is 34.6 Å². The van der Waals surface area contributed by atoms with Crippen molar-refractivity contribution in [3.05, 3.63) is 62.5 Å². The highest BCUT2D eigenvalue weighted by Crippen LogP contribution is 2.41. The minimum absolute atomic E-state index is 0.132. The third kappa shape index (κ3) is 7.40. The average Bonchev–Trinajstić information content (AvgIpc) is 3.43. The molecule has 0 amide bonds. The Morgan fingerprint density at radius 3 is 2.27 bits per heavy atom. The van der Waals surface area contributed by atoms with Crippen molar-refractivity contribution < 1.29 is 23.7 Å². The lowest BCUT2D eigenvalue weighted by molar-refractivity contribution is -0.151. The van der Waals surface area contributed by atoms with Gasteiger partial charge in [0.15, 0.2) is 5.82 Å². The number of nitrogens with two attached hydrogens (primary N) is 1. The monoisotopic (exact) mass is 603 g/mol. The van der Waals surface area contributed by atoms with E-state index in [2.05, 4.69) is 24.0 Å². The van der Waals surface area contributed by atoms with Crippen LogP contribution in [0.5, 0.6) is 0 Å². The highest BCUT2D eigenvalue weighted by Gasteiger charge is 2.38. The topological polar surface area (TPSA) is 123 Å². The smallest absolute Gasteiger partial charge is 0.311 e. The van der Waals surface area contributed by atoms with Crippen LogP contribution >= 0.6 is 22.9 Å². The Morgan fingerprint density at radius 1 is 1.00 bits per heavy atom. The Bertz CT molecular complexity index is 1340. The molecule has 2 atom stereocenters. The summed E-state index contributed by atoms with van der Waals surface area (Å²) in [5.41, 5.74) is 9.26. The first-order valence-electron chi connectivity index (χ1n) is 13.8. The molecule has 222 valence electrons. The molecule has 1 unspecified atom stereocenters. The zero-order valence-electron chi connectivity index (χ0n) is 24.0. The zero-order chi connectivity index (χ0) is 29.4. The van der Waals surface area contributed by atoms with Crippen molar-refractivity contribution in [1.29, 1.82) is 0 Å². The molecule has 0 spiro atoms. The maximum absolute atomic E-state index is 13.4. The van der Waals surface area contributed by atoms with E-state index >= 15 is 0 Å². The lowest BCUT2D eigenvalue weighted by atomic mass is 9.95. The summed E-state index contributed by atoms with van der Waals surface area (Å²) in [5.74, 6) is 0.456. The van der Waals surface area contributed by atoms with Crippen LogP contribution in [0.15, 0.2) is 29.3 Å². The van der Waals surface area contributed by atoms with Gasteiger partial charge in [0, 0.05) is 27.6 Å². The van der Waals surface area contributed by atoms with Gasteiger partial charge in [0.1, 0.15) is 23.5 Å². The number of halogens is 1. The Morgan fingerprint density at radius 2 is 1.63 bits per heavy atom. The SMILES string of the molecule is CC[C@@H](C(=O)OCCOCCOCCOCCN)C1N=C(c2ccc(Cl)cc2)c2c(sc(C)c2C)-n2c(C)nnc21. The molecule has 12 heteroatoms. The molecule has 1 aliphatic heterocycles. The van der Waals surface area contributed by atoms with Crippen LogP contribution < -0.4 is 5.73 Å². The summed E-state index contributed by atoms with van der Waals surface area (Å²) in [7, 11) is 0. The van der Waals surface area contributed by atoms with E-state index in [0.717, 1.165) is 33.2 Å². The van der Waals surface area contributed by atoms with Crippen molar-refractivity contribution in [1.82, 2.24) is 14.8 Å². The fourth-order valence-electron chi connectivity index (χ4n) is 4.68. The Hall–Kier alpha value is -2.67. The first kappa shape index (κ1) is 31.3. The van der Waals surface area contributed by atoms with Gasteiger partial charge in [0.05, 0.1) is 51.3 Å². The van der Waals surface area contributed by atoms with Crippen LogP contribution in [0.2, 0.25) is 5.02 Å². The van der Waals surface area contributed by atoms with Crippen LogP contribution in [-0.2, 0) is 23.7 Å². The molecule has 3 heterocycles. The second kappa shape index (κ2) is 15.0. The summed E-state index contributed by atoms with van der Waals surface area (Å²) in [4.78, 5) is 19.8. The molecule has 1 aromatic carbocycles. The molecule has 0 radical (unpaired) electrons. The van der Waals surface area contributed by atoms with E-state index in [1.54, 1.807) is 11.3 Å². The number of esters is 1. The highest BCUT2D eigenvalue weighted by atomic mass is 35.5. The van der Waals surface area contributed by atoms with Gasteiger partial charge in [-0.1, -0.05) is 30.7 Å². The minimum Gasteiger partial charge on any atom is -0.463 e. The summed E-state index contributed by atoms with van der Waals surface area (Å²) in [5, 5.41) is 10.5. The van der Waals surface area contributed by atoms with Gasteiger partial charge in [-0.05, 0) is 44.9 Å². The van der Waals surface area contributed by atoms with Crippen LogP contribution in [0.4, 0.5) is 0 Å². The van der Waals surface area contributed by atoms with Gasteiger partial charge in [-0.3, -0.25) is 14.4 Å². The Labute approximate surface area is 249 Å². The number of aromatic nitrogens is 3. The van der Waals surface area contributed by atoms with E-state index in [0.29, 0.717) is 56.8 Å². The predicted molar refractivity (Wildman–Crippen MR) is 160 cm³/mol. The summed E-state index contributed by atoms with van der Waals surface area (Å²) in [6.45, 7) is 11.3. The predicted octanol–water partition coefficient (Wildman–Crippen LogP) is 4.38. The standard InChI is InChI=1S/C29H38ClN5O5S/c1-5-23(29(36)40-17-16-39-15-14-38-13-12-37-11-10-31)26-27-34-33-20(4)35(27)28-24(18(2)19(3)41-28)25(32-26)21-6-8-22(30)9-7-21/h6-9,23,26H,5,10-17,31H2,1-4H3/t23-,26?/m1/s1. The molecule has 0 aliphatic carbocycles. The van der Waals surface area contributed by atoms with Crippen molar-refractivity contribution in [2.24, 2.45) is 16.6 Å². The van der Waals surface area contributed by atoms with Gasteiger partial charge < -0.3 is 24.7 Å². The normalized spacial score (nSPS) is 15.2. The van der Waals surface area contributed by atoms with E-state index in [-0.39, 0.29) is 19.2 Å². The maximum atomic E-state index is 13.4. The number of hydrogen-bond acceptors (Lipinski definition) is 10. The van der Waals surface area contributed by atoms with Gasteiger partial charge >= 0.3 is 5.97 Å². The van der Waals surface area contributed by atoms with Crippen molar-refractivity contribution in [3.8, 4) is 5.00 Å². The van der Waals surface area contributed by atoms with E-state index in [4.69, 9.17) is 41.3 Å². The van der Waals surface area contributed by atoms with Gasteiger partial charge in [-0.15, -0.1) is 21.5 Å². The highest BCUT2D eigenvalue weighted by molar-refractivity contribution is 7.15. The summed E-state index contributed by atoms with van der Waals surface area (Å²) in [6.07, 6.45) is 0.513. The molecule has 0 fully saturated rings. The molecule has 2 aromatic heterocycles. The van der Waals surface area contributed by atoms with Gasteiger partial charge in [0.2, 0.25) is 0 Å². The van der Waals surface area contributed by atoms with Crippen LogP contribution in [0.25, 0.3) is 5.00 Å². The number of benzene rings is 1. The number of hydrogen-bond donors (Lipinski definition) is 1. The number of aliphatic imine (C=N–C) groups is 1. The van der Waals surface area contributed by atoms with Crippen LogP contribution in [0.1, 0.15) is 52.6 Å². The Kier molecular flexibility index (Phi) is 11.4. The second-order valence-electron chi connectivity index (χ2n) is 9.64. The van der Waals surface area contributed by atoms with Crippen molar-refractivity contribution in [2.45, 2.75) is 40.2 Å². The second-order valence-corrected chi connectivity index (χ2v) is 11.3. The Balaban J connectivity index is 1.50. The van der Waals surface area contributed by atoms with Crippen LogP contribution in [-0.4, -0.2) is 79.2 Å². The van der Waals surface area contributed by atoms with E-state index in [9.17, 15) is 4.79 Å². The third-order valence-corrected chi connectivity index (χ3v) is 8.35. The molecule has 0 saturated carbocycles.